The van der Waals surface area contributed by atoms with Gasteiger partial charge in [0.05, 0.1) is 26.4 Å². The number of methoxy groups -OCH3 is 1. The number of morpholine rings is 1. The highest BCUT2D eigenvalue weighted by atomic mass is 16.5. The van der Waals surface area contributed by atoms with Gasteiger partial charge in [-0.3, -0.25) is 9.69 Å². The van der Waals surface area contributed by atoms with Gasteiger partial charge in [0.15, 0.2) is 0 Å². The van der Waals surface area contributed by atoms with Gasteiger partial charge in [0, 0.05) is 26.1 Å². The zero-order valence-electron chi connectivity index (χ0n) is 20.6. The van der Waals surface area contributed by atoms with E-state index in [1.807, 2.05) is 18.2 Å². The number of benzene rings is 1. The van der Waals surface area contributed by atoms with Gasteiger partial charge in [-0.2, -0.15) is 0 Å². The molecule has 2 rings (SSSR count). The van der Waals surface area contributed by atoms with Crippen LogP contribution >= 0.6 is 0 Å². The molecule has 6 nitrogen and oxygen atoms in total. The Morgan fingerprint density at radius 2 is 1.97 bits per heavy atom. The summed E-state index contributed by atoms with van der Waals surface area (Å²) in [5.41, 5.74) is 1.86. The Morgan fingerprint density at radius 1 is 1.18 bits per heavy atom. The fraction of sp³-hybridized carbons (Fsp3) is 0.667. The van der Waals surface area contributed by atoms with Crippen molar-refractivity contribution in [3.05, 3.63) is 35.4 Å². The van der Waals surface area contributed by atoms with Crippen LogP contribution in [0.3, 0.4) is 0 Å². The zero-order chi connectivity index (χ0) is 23.7. The molecule has 1 unspecified atom stereocenters. The first-order chi connectivity index (χ1) is 16.1. The second-order valence-corrected chi connectivity index (χ2v) is 8.68. The minimum absolute atomic E-state index is 0.241. The monoisotopic (exact) mass is 461 g/mol. The van der Waals surface area contributed by atoms with Gasteiger partial charge in [-0.05, 0) is 48.9 Å². The number of carbonyl (C=O) groups excluding carboxylic acids is 1. The number of unbranched alkanes of at least 4 members (excludes halogenated alkanes) is 5. The number of nitrogens with zero attached hydrogens (tertiary/aromatic N) is 1. The summed E-state index contributed by atoms with van der Waals surface area (Å²) >= 11 is 0. The van der Waals surface area contributed by atoms with E-state index in [1.165, 1.54) is 39.2 Å². The number of rotatable bonds is 16. The van der Waals surface area contributed by atoms with E-state index in [4.69, 9.17) is 14.2 Å². The molecule has 1 fully saturated rings. The summed E-state index contributed by atoms with van der Waals surface area (Å²) in [6.45, 7) is 7.21. The molecule has 0 aliphatic carbocycles. The summed E-state index contributed by atoms with van der Waals surface area (Å²) in [7, 11) is 1.39. The second-order valence-electron chi connectivity index (χ2n) is 8.68. The van der Waals surface area contributed by atoms with Crippen molar-refractivity contribution in [2.24, 2.45) is 0 Å². The largest absolute Gasteiger partial charge is 0.492 e. The minimum Gasteiger partial charge on any atom is -0.492 e. The second kappa shape index (κ2) is 16.7. The standard InChI is InChI=1S/C27H43NO5/c1-3-4-5-6-7-8-9-11-23-22-24(33-21-18-28-16-19-32-20-17-28)14-15-25(23)26(29)12-10-13-27(30)31-2/h9,11,14-15,22,26,29H,3-8,10,12-13,16-21H2,1-2H3/b11-9+. The highest BCUT2D eigenvalue weighted by Gasteiger charge is 2.14. The zero-order valence-corrected chi connectivity index (χ0v) is 20.6. The van der Waals surface area contributed by atoms with Crippen LogP contribution in [0.15, 0.2) is 24.3 Å². The third-order valence-electron chi connectivity index (χ3n) is 6.06. The van der Waals surface area contributed by atoms with Crippen LogP contribution in [0.25, 0.3) is 6.08 Å². The fourth-order valence-electron chi connectivity index (χ4n) is 3.98. The molecule has 0 bridgehead atoms. The van der Waals surface area contributed by atoms with Gasteiger partial charge in [-0.25, -0.2) is 0 Å². The lowest BCUT2D eigenvalue weighted by molar-refractivity contribution is -0.140. The molecule has 1 N–H and O–H groups in total. The Labute approximate surface area is 199 Å². The summed E-state index contributed by atoms with van der Waals surface area (Å²) in [6.07, 6.45) is 12.4. The van der Waals surface area contributed by atoms with Gasteiger partial charge in [0.1, 0.15) is 12.4 Å². The minimum atomic E-state index is -0.624. The summed E-state index contributed by atoms with van der Waals surface area (Å²) in [5.74, 6) is 0.575. The van der Waals surface area contributed by atoms with Gasteiger partial charge in [-0.1, -0.05) is 50.8 Å². The van der Waals surface area contributed by atoms with E-state index < -0.39 is 6.10 Å². The molecule has 0 radical (unpaired) electrons. The summed E-state index contributed by atoms with van der Waals surface area (Å²) in [4.78, 5) is 13.7. The van der Waals surface area contributed by atoms with Gasteiger partial charge in [0.2, 0.25) is 0 Å². The van der Waals surface area contributed by atoms with Crippen LogP contribution in [0.1, 0.15) is 81.9 Å². The third-order valence-corrected chi connectivity index (χ3v) is 6.06. The SMILES string of the molecule is CCCCCCC/C=C/c1cc(OCCN2CCOCC2)ccc1C(O)CCCC(=O)OC. The topological polar surface area (TPSA) is 68.2 Å². The van der Waals surface area contributed by atoms with Crippen molar-refractivity contribution in [3.63, 3.8) is 0 Å². The molecule has 1 aliphatic heterocycles. The molecule has 1 aromatic rings. The highest BCUT2D eigenvalue weighted by molar-refractivity contribution is 5.69. The lowest BCUT2D eigenvalue weighted by Crippen LogP contribution is -2.38. The number of carbonyl (C=O) groups is 1. The van der Waals surface area contributed by atoms with Crippen LogP contribution in [0, 0.1) is 0 Å². The molecule has 186 valence electrons. The Hall–Kier alpha value is -1.89. The van der Waals surface area contributed by atoms with Crippen molar-refractivity contribution in [3.8, 4) is 5.75 Å². The molecule has 0 spiro atoms. The molecule has 0 saturated carbocycles. The first kappa shape index (κ1) is 27.4. The predicted octanol–water partition coefficient (Wildman–Crippen LogP) is 5.15. The van der Waals surface area contributed by atoms with E-state index >= 15 is 0 Å². The first-order valence-electron chi connectivity index (χ1n) is 12.6. The number of aliphatic hydroxyl groups is 1. The molecular formula is C27H43NO5. The molecule has 0 aromatic heterocycles. The van der Waals surface area contributed by atoms with E-state index in [0.29, 0.717) is 25.9 Å². The smallest absolute Gasteiger partial charge is 0.305 e. The molecule has 1 aromatic carbocycles. The molecule has 33 heavy (non-hydrogen) atoms. The number of allylic oxidation sites excluding steroid dienone is 1. The maximum atomic E-state index is 11.4. The van der Waals surface area contributed by atoms with Crippen LogP contribution in [0.4, 0.5) is 0 Å². The van der Waals surface area contributed by atoms with Crippen LogP contribution in [-0.4, -0.2) is 62.5 Å². The number of hydrogen-bond acceptors (Lipinski definition) is 6. The summed E-state index contributed by atoms with van der Waals surface area (Å²) < 4.78 is 16.1. The van der Waals surface area contributed by atoms with E-state index in [2.05, 4.69) is 24.0 Å². The molecule has 1 saturated heterocycles. The molecule has 1 heterocycles. The maximum Gasteiger partial charge on any atom is 0.305 e. The first-order valence-corrected chi connectivity index (χ1v) is 12.6. The number of aliphatic hydroxyl groups excluding tert-OH is 1. The van der Waals surface area contributed by atoms with E-state index in [9.17, 15) is 9.90 Å². The average Bonchev–Trinajstić information content (AvgIpc) is 2.84. The predicted molar refractivity (Wildman–Crippen MR) is 132 cm³/mol. The summed E-state index contributed by atoms with van der Waals surface area (Å²) in [5, 5.41) is 10.8. The molecule has 1 atom stereocenters. The van der Waals surface area contributed by atoms with Gasteiger partial charge in [-0.15, -0.1) is 0 Å². The fourth-order valence-corrected chi connectivity index (χ4v) is 3.98. The van der Waals surface area contributed by atoms with Crippen LogP contribution in [0.2, 0.25) is 0 Å². The Bertz CT molecular complexity index is 700. The number of ether oxygens (including phenoxy) is 3. The lowest BCUT2D eigenvalue weighted by atomic mass is 9.97. The van der Waals surface area contributed by atoms with Crippen molar-refractivity contribution in [1.29, 1.82) is 0 Å². The molecule has 0 amide bonds. The van der Waals surface area contributed by atoms with Crippen LogP contribution < -0.4 is 4.74 Å². The lowest BCUT2D eigenvalue weighted by Gasteiger charge is -2.26. The third kappa shape index (κ3) is 11.2. The van der Waals surface area contributed by atoms with Crippen molar-refractivity contribution in [1.82, 2.24) is 4.90 Å². The van der Waals surface area contributed by atoms with Gasteiger partial charge < -0.3 is 19.3 Å². The van der Waals surface area contributed by atoms with E-state index in [0.717, 1.165) is 56.1 Å². The van der Waals surface area contributed by atoms with Crippen molar-refractivity contribution < 1.29 is 24.1 Å². The van der Waals surface area contributed by atoms with E-state index in [-0.39, 0.29) is 5.97 Å². The molecule has 1 aliphatic rings. The van der Waals surface area contributed by atoms with Crippen LogP contribution in [0.5, 0.6) is 5.75 Å². The molecular weight excluding hydrogens is 418 g/mol. The van der Waals surface area contributed by atoms with E-state index in [1.54, 1.807) is 0 Å². The Morgan fingerprint density at radius 3 is 2.73 bits per heavy atom. The van der Waals surface area contributed by atoms with Crippen LogP contribution in [-0.2, 0) is 14.3 Å². The van der Waals surface area contributed by atoms with Crippen molar-refractivity contribution >= 4 is 12.0 Å². The van der Waals surface area contributed by atoms with Crippen molar-refractivity contribution in [2.45, 2.75) is 70.8 Å². The quantitative estimate of drug-likeness (QED) is 0.271. The van der Waals surface area contributed by atoms with Gasteiger partial charge >= 0.3 is 5.97 Å². The Balaban J connectivity index is 1.95. The number of esters is 1. The number of hydrogen-bond donors (Lipinski definition) is 1. The highest BCUT2D eigenvalue weighted by Crippen LogP contribution is 2.28. The van der Waals surface area contributed by atoms with Gasteiger partial charge in [0.25, 0.3) is 0 Å². The van der Waals surface area contributed by atoms with Crippen molar-refractivity contribution in [2.75, 3.05) is 46.6 Å². The normalized spacial score (nSPS) is 15.6. The Kier molecular flexibility index (Phi) is 13.8. The molecule has 6 heteroatoms. The maximum absolute atomic E-state index is 11.4. The summed E-state index contributed by atoms with van der Waals surface area (Å²) in [6, 6.07) is 5.90. The average molecular weight is 462 g/mol.